The van der Waals surface area contributed by atoms with Crippen LogP contribution >= 0.6 is 0 Å². The molecule has 1 aliphatic heterocycles. The minimum absolute atomic E-state index is 0.136. The van der Waals surface area contributed by atoms with Crippen LogP contribution in [0.5, 0.6) is 0 Å². The van der Waals surface area contributed by atoms with Crippen molar-refractivity contribution in [2.45, 2.75) is 37.8 Å². The molecule has 1 saturated carbocycles. The third-order valence-electron chi connectivity index (χ3n) is 4.40. The second-order valence-electron chi connectivity index (χ2n) is 5.57. The van der Waals surface area contributed by atoms with Crippen LogP contribution in [0.2, 0.25) is 0 Å². The molecule has 6 nitrogen and oxygen atoms in total. The van der Waals surface area contributed by atoms with Gasteiger partial charge in [-0.1, -0.05) is 12.8 Å². The molecule has 0 radical (unpaired) electrons. The molecule has 112 valence electrons. The van der Waals surface area contributed by atoms with Crippen LogP contribution in [0.1, 0.15) is 36.0 Å². The topological polar surface area (TPSA) is 72.7 Å². The molecule has 2 unspecified atom stereocenters. The van der Waals surface area contributed by atoms with Crippen molar-refractivity contribution in [2.75, 3.05) is 18.1 Å². The van der Waals surface area contributed by atoms with Gasteiger partial charge in [-0.2, -0.15) is 0 Å². The summed E-state index contributed by atoms with van der Waals surface area (Å²) in [6.45, 7) is 1.42. The van der Waals surface area contributed by atoms with Crippen molar-refractivity contribution in [1.82, 2.24) is 0 Å². The van der Waals surface area contributed by atoms with Gasteiger partial charge in [-0.05, 0) is 25.0 Å². The maximum absolute atomic E-state index is 11.1. The van der Waals surface area contributed by atoms with Crippen LogP contribution in [0.3, 0.4) is 0 Å². The van der Waals surface area contributed by atoms with E-state index in [9.17, 15) is 14.9 Å². The predicted molar refractivity (Wildman–Crippen MR) is 77.8 cm³/mol. The lowest BCUT2D eigenvalue weighted by Crippen LogP contribution is -2.52. The van der Waals surface area contributed by atoms with Gasteiger partial charge in [0.1, 0.15) is 0 Å². The molecule has 1 aromatic rings. The number of aldehydes is 1. The average molecular weight is 290 g/mol. The lowest BCUT2D eigenvalue weighted by atomic mass is 9.89. The molecule has 1 saturated heterocycles. The highest BCUT2D eigenvalue weighted by atomic mass is 16.6. The van der Waals surface area contributed by atoms with E-state index in [-0.39, 0.29) is 17.4 Å². The van der Waals surface area contributed by atoms with Crippen LogP contribution in [0.15, 0.2) is 18.2 Å². The van der Waals surface area contributed by atoms with Gasteiger partial charge in [0.2, 0.25) is 0 Å². The summed E-state index contributed by atoms with van der Waals surface area (Å²) in [5.41, 5.74) is 0.876. The van der Waals surface area contributed by atoms with Gasteiger partial charge < -0.3 is 9.64 Å². The Hall–Kier alpha value is -1.95. The Bertz CT molecular complexity index is 559. The zero-order valence-electron chi connectivity index (χ0n) is 11.7. The largest absolute Gasteiger partial charge is 0.374 e. The number of nitro benzene ring substituents is 1. The van der Waals surface area contributed by atoms with E-state index in [1.165, 1.54) is 18.9 Å². The van der Waals surface area contributed by atoms with E-state index in [1.54, 1.807) is 12.1 Å². The van der Waals surface area contributed by atoms with E-state index in [0.717, 1.165) is 25.1 Å². The smallest absolute Gasteiger partial charge is 0.280 e. The van der Waals surface area contributed by atoms with Gasteiger partial charge in [-0.3, -0.25) is 14.9 Å². The fraction of sp³-hybridized carbons (Fsp3) is 0.533. The predicted octanol–water partition coefficient (Wildman–Crippen LogP) is 2.56. The Morgan fingerprint density at radius 3 is 2.90 bits per heavy atom. The highest BCUT2D eigenvalue weighted by Gasteiger charge is 2.34. The van der Waals surface area contributed by atoms with Crippen LogP contribution in [-0.2, 0) is 4.74 Å². The highest BCUT2D eigenvalue weighted by molar-refractivity contribution is 5.83. The number of carbonyl (C=O) groups excluding carboxylic acids is 1. The van der Waals surface area contributed by atoms with Gasteiger partial charge in [0.25, 0.3) is 5.69 Å². The molecule has 0 amide bonds. The first-order chi connectivity index (χ1) is 10.2. The zero-order chi connectivity index (χ0) is 14.8. The van der Waals surface area contributed by atoms with Crippen LogP contribution in [0, 0.1) is 10.1 Å². The van der Waals surface area contributed by atoms with Gasteiger partial charge in [-0.15, -0.1) is 0 Å². The first-order valence-corrected chi connectivity index (χ1v) is 7.32. The van der Waals surface area contributed by atoms with Gasteiger partial charge in [0.15, 0.2) is 6.29 Å². The monoisotopic (exact) mass is 290 g/mol. The van der Waals surface area contributed by atoms with Crippen LogP contribution in [0.25, 0.3) is 0 Å². The van der Waals surface area contributed by atoms with Crippen LogP contribution in [-0.4, -0.2) is 36.5 Å². The normalized spacial score (nSPS) is 25.2. The molecule has 0 aromatic heterocycles. The summed E-state index contributed by atoms with van der Waals surface area (Å²) in [6.07, 6.45) is 5.29. The first-order valence-electron chi connectivity index (χ1n) is 7.32. The summed E-state index contributed by atoms with van der Waals surface area (Å²) in [5, 5.41) is 10.9. The Balaban J connectivity index is 1.91. The molecule has 2 fully saturated rings. The molecule has 2 aliphatic rings. The van der Waals surface area contributed by atoms with Crippen LogP contribution in [0.4, 0.5) is 11.4 Å². The Morgan fingerprint density at radius 2 is 2.14 bits per heavy atom. The number of morpholine rings is 1. The van der Waals surface area contributed by atoms with Crippen molar-refractivity contribution in [3.8, 4) is 0 Å². The standard InChI is InChI=1S/C15H18N2O4/c18-10-11-9-12(5-6-13(11)17(19)20)16-7-8-21-15-4-2-1-3-14(15)16/h5-6,9-10,14-15H,1-4,7-8H2. The molecule has 0 N–H and O–H groups in total. The third-order valence-corrected chi connectivity index (χ3v) is 4.40. The summed E-state index contributed by atoms with van der Waals surface area (Å²) in [6, 6.07) is 5.10. The molecule has 0 spiro atoms. The van der Waals surface area contributed by atoms with E-state index in [2.05, 4.69) is 4.90 Å². The van der Waals surface area contributed by atoms with Crippen molar-refractivity contribution >= 4 is 17.7 Å². The van der Waals surface area contributed by atoms with Crippen molar-refractivity contribution in [1.29, 1.82) is 0 Å². The van der Waals surface area contributed by atoms with Crippen molar-refractivity contribution in [3.05, 3.63) is 33.9 Å². The number of anilines is 1. The molecule has 1 heterocycles. The number of hydrogen-bond donors (Lipinski definition) is 0. The molecule has 6 heteroatoms. The molecule has 21 heavy (non-hydrogen) atoms. The molecular formula is C15H18N2O4. The van der Waals surface area contributed by atoms with Crippen molar-refractivity contribution in [3.63, 3.8) is 0 Å². The zero-order valence-corrected chi connectivity index (χ0v) is 11.7. The number of benzene rings is 1. The van der Waals surface area contributed by atoms with Gasteiger partial charge in [0, 0.05) is 18.3 Å². The molecule has 2 atom stereocenters. The number of nitrogens with zero attached hydrogens (tertiary/aromatic N) is 2. The quantitative estimate of drug-likeness (QED) is 0.486. The summed E-state index contributed by atoms with van der Waals surface area (Å²) in [4.78, 5) is 23.7. The third kappa shape index (κ3) is 2.63. The van der Waals surface area contributed by atoms with Crippen molar-refractivity contribution < 1.29 is 14.5 Å². The summed E-state index contributed by atoms with van der Waals surface area (Å²) >= 11 is 0. The maximum Gasteiger partial charge on any atom is 0.280 e. The number of rotatable bonds is 3. The Morgan fingerprint density at radius 1 is 1.33 bits per heavy atom. The van der Waals surface area contributed by atoms with E-state index in [4.69, 9.17) is 4.74 Å². The number of fused-ring (bicyclic) bond motifs is 1. The molecule has 1 aliphatic carbocycles. The fourth-order valence-electron chi connectivity index (χ4n) is 3.40. The average Bonchev–Trinajstić information content (AvgIpc) is 2.53. The Kier molecular flexibility index (Phi) is 3.88. The maximum atomic E-state index is 11.1. The lowest BCUT2D eigenvalue weighted by Gasteiger charge is -2.45. The second kappa shape index (κ2) is 5.81. The number of hydrogen-bond acceptors (Lipinski definition) is 5. The molecule has 3 rings (SSSR count). The van der Waals surface area contributed by atoms with Gasteiger partial charge in [0.05, 0.1) is 29.2 Å². The number of ether oxygens (including phenoxy) is 1. The second-order valence-corrected chi connectivity index (χ2v) is 5.57. The summed E-state index contributed by atoms with van der Waals surface area (Å²) < 4.78 is 5.83. The van der Waals surface area contributed by atoms with E-state index in [1.807, 2.05) is 0 Å². The number of carbonyl (C=O) groups is 1. The van der Waals surface area contributed by atoms with Crippen molar-refractivity contribution in [2.24, 2.45) is 0 Å². The fourth-order valence-corrected chi connectivity index (χ4v) is 3.40. The lowest BCUT2D eigenvalue weighted by molar-refractivity contribution is -0.385. The minimum atomic E-state index is -0.518. The highest BCUT2D eigenvalue weighted by Crippen LogP contribution is 2.33. The first kappa shape index (κ1) is 14.0. The minimum Gasteiger partial charge on any atom is -0.374 e. The summed E-state index contributed by atoms with van der Waals surface area (Å²) in [7, 11) is 0. The van der Waals surface area contributed by atoms with E-state index >= 15 is 0 Å². The van der Waals surface area contributed by atoms with Crippen LogP contribution < -0.4 is 4.90 Å². The SMILES string of the molecule is O=Cc1cc(N2CCOC3CCCCC32)ccc1[N+](=O)[O-]. The van der Waals surface area contributed by atoms with E-state index < -0.39 is 4.92 Å². The van der Waals surface area contributed by atoms with Gasteiger partial charge in [-0.25, -0.2) is 0 Å². The molecular weight excluding hydrogens is 272 g/mol. The van der Waals surface area contributed by atoms with E-state index in [0.29, 0.717) is 18.9 Å². The molecule has 1 aromatic carbocycles. The number of nitro groups is 1. The summed E-state index contributed by atoms with van der Waals surface area (Å²) in [5.74, 6) is 0. The molecule has 0 bridgehead atoms. The van der Waals surface area contributed by atoms with Gasteiger partial charge >= 0.3 is 0 Å². The Labute approximate surface area is 122 Å².